The summed E-state index contributed by atoms with van der Waals surface area (Å²) in [6.45, 7) is -0.216. The number of carbonyl (C=O) groups excluding carboxylic acids is 2. The highest BCUT2D eigenvalue weighted by Gasteiger charge is 2.44. The molecule has 1 aromatic carbocycles. The SMILES string of the molecule is COc1cc(/C=C/C(=O)OC[C@@H](O)CO[C@@H]2OC(CO)[C@@H](O)[C@@H](O)C2O)ccc1OC(C)=O. The van der Waals surface area contributed by atoms with Gasteiger partial charge >= 0.3 is 11.9 Å². The van der Waals surface area contributed by atoms with Crippen molar-refractivity contribution < 1.29 is 58.8 Å². The number of esters is 2. The number of rotatable bonds is 10. The second kappa shape index (κ2) is 12.6. The lowest BCUT2D eigenvalue weighted by Gasteiger charge is -2.39. The zero-order valence-electron chi connectivity index (χ0n) is 18.1. The Labute approximate surface area is 189 Å². The quantitative estimate of drug-likeness (QED) is 0.149. The molecule has 12 heteroatoms. The molecule has 0 amide bonds. The Balaban J connectivity index is 1.81. The van der Waals surface area contributed by atoms with Gasteiger partial charge in [0, 0.05) is 13.0 Å². The molecule has 12 nitrogen and oxygen atoms in total. The molecule has 1 aliphatic rings. The molecule has 1 fully saturated rings. The van der Waals surface area contributed by atoms with Gasteiger partial charge in [0.25, 0.3) is 0 Å². The van der Waals surface area contributed by atoms with Crippen LogP contribution in [0.25, 0.3) is 6.08 Å². The van der Waals surface area contributed by atoms with Crippen molar-refractivity contribution in [1.82, 2.24) is 0 Å². The average Bonchev–Trinajstić information content (AvgIpc) is 2.79. The van der Waals surface area contributed by atoms with Crippen LogP contribution in [0.5, 0.6) is 11.5 Å². The average molecular weight is 472 g/mol. The summed E-state index contributed by atoms with van der Waals surface area (Å²) in [5.41, 5.74) is 0.561. The van der Waals surface area contributed by atoms with Crippen LogP contribution in [-0.4, -0.2) is 101 Å². The molecule has 184 valence electrons. The standard InChI is InChI=1S/C21H28O12/c1-11(23)32-14-5-3-12(7-15(14)29-2)4-6-17(25)30-9-13(24)10-31-21-20(28)19(27)18(26)16(8-22)33-21/h3-7,13,16,18-22,24,26-28H,8-10H2,1-2H3/b6-4+/t13-,16?,18-,19-,20?,21-/m1/s1. The minimum absolute atomic E-state index is 0.229. The third kappa shape index (κ3) is 7.75. The van der Waals surface area contributed by atoms with Crippen LogP contribution >= 0.6 is 0 Å². The molecule has 0 aliphatic carbocycles. The van der Waals surface area contributed by atoms with Crippen LogP contribution in [0.2, 0.25) is 0 Å². The summed E-state index contributed by atoms with van der Waals surface area (Å²) in [5.74, 6) is -0.743. The van der Waals surface area contributed by atoms with Gasteiger partial charge in [-0.05, 0) is 23.8 Å². The third-order valence-electron chi connectivity index (χ3n) is 4.57. The van der Waals surface area contributed by atoms with Crippen molar-refractivity contribution >= 4 is 18.0 Å². The third-order valence-corrected chi connectivity index (χ3v) is 4.57. The Morgan fingerprint density at radius 2 is 1.85 bits per heavy atom. The number of aliphatic hydroxyl groups excluding tert-OH is 5. The summed E-state index contributed by atoms with van der Waals surface area (Å²) in [6, 6.07) is 4.64. The van der Waals surface area contributed by atoms with Gasteiger partial charge in [-0.3, -0.25) is 4.79 Å². The summed E-state index contributed by atoms with van der Waals surface area (Å²) >= 11 is 0. The summed E-state index contributed by atoms with van der Waals surface area (Å²) in [4.78, 5) is 23.0. The Morgan fingerprint density at radius 3 is 2.48 bits per heavy atom. The largest absolute Gasteiger partial charge is 0.493 e. The topological polar surface area (TPSA) is 181 Å². The van der Waals surface area contributed by atoms with Crippen LogP contribution in [0, 0.1) is 0 Å². The van der Waals surface area contributed by atoms with Crippen molar-refractivity contribution in [1.29, 1.82) is 0 Å². The minimum Gasteiger partial charge on any atom is -0.493 e. The van der Waals surface area contributed by atoms with Gasteiger partial charge in [-0.2, -0.15) is 0 Å². The van der Waals surface area contributed by atoms with Gasteiger partial charge in [-0.1, -0.05) is 6.07 Å². The van der Waals surface area contributed by atoms with Crippen LogP contribution in [0.3, 0.4) is 0 Å². The van der Waals surface area contributed by atoms with Crippen LogP contribution in [-0.2, 0) is 23.8 Å². The van der Waals surface area contributed by atoms with Gasteiger partial charge in [0.05, 0.1) is 20.3 Å². The number of hydrogen-bond acceptors (Lipinski definition) is 12. The first kappa shape index (κ1) is 26.7. The van der Waals surface area contributed by atoms with Crippen molar-refractivity contribution in [2.24, 2.45) is 0 Å². The first-order valence-electron chi connectivity index (χ1n) is 9.97. The maximum absolute atomic E-state index is 11.9. The van der Waals surface area contributed by atoms with Gasteiger partial charge in [-0.25, -0.2) is 4.79 Å². The van der Waals surface area contributed by atoms with E-state index in [1.807, 2.05) is 0 Å². The Hall–Kier alpha value is -2.58. The maximum atomic E-state index is 11.9. The van der Waals surface area contributed by atoms with Crippen LogP contribution in [0.4, 0.5) is 0 Å². The normalized spacial score (nSPS) is 26.1. The molecule has 1 saturated heterocycles. The molecule has 0 spiro atoms. The molecule has 0 bridgehead atoms. The second-order valence-electron chi connectivity index (χ2n) is 7.15. The van der Waals surface area contributed by atoms with Crippen LogP contribution < -0.4 is 9.47 Å². The lowest BCUT2D eigenvalue weighted by atomic mass is 9.99. The van der Waals surface area contributed by atoms with E-state index in [2.05, 4.69) is 0 Å². The maximum Gasteiger partial charge on any atom is 0.330 e. The summed E-state index contributed by atoms with van der Waals surface area (Å²) in [6.07, 6.45) is -6.03. The molecule has 0 aromatic heterocycles. The zero-order valence-corrected chi connectivity index (χ0v) is 18.1. The molecule has 0 saturated carbocycles. The van der Waals surface area contributed by atoms with Gasteiger partial charge in [0.1, 0.15) is 37.1 Å². The zero-order chi connectivity index (χ0) is 24.5. The van der Waals surface area contributed by atoms with E-state index >= 15 is 0 Å². The van der Waals surface area contributed by atoms with E-state index < -0.39 is 68.6 Å². The smallest absolute Gasteiger partial charge is 0.330 e. The van der Waals surface area contributed by atoms with Crippen molar-refractivity contribution in [3.8, 4) is 11.5 Å². The first-order valence-corrected chi connectivity index (χ1v) is 9.97. The van der Waals surface area contributed by atoms with E-state index in [-0.39, 0.29) is 5.75 Å². The van der Waals surface area contributed by atoms with Crippen molar-refractivity contribution in [2.45, 2.75) is 43.7 Å². The Kier molecular flexibility index (Phi) is 10.2. The van der Waals surface area contributed by atoms with Crippen molar-refractivity contribution in [2.75, 3.05) is 26.9 Å². The van der Waals surface area contributed by atoms with E-state index in [4.69, 9.17) is 28.8 Å². The number of carbonyl (C=O) groups is 2. The fraction of sp³-hybridized carbons (Fsp3) is 0.524. The molecule has 0 radical (unpaired) electrons. The van der Waals surface area contributed by atoms with Crippen LogP contribution in [0.1, 0.15) is 12.5 Å². The number of benzene rings is 1. The molecule has 33 heavy (non-hydrogen) atoms. The highest BCUT2D eigenvalue weighted by Crippen LogP contribution is 2.28. The van der Waals surface area contributed by atoms with E-state index in [0.717, 1.165) is 6.08 Å². The highest BCUT2D eigenvalue weighted by molar-refractivity contribution is 5.87. The number of ether oxygens (including phenoxy) is 5. The van der Waals surface area contributed by atoms with E-state index in [1.54, 1.807) is 12.1 Å². The fourth-order valence-corrected chi connectivity index (χ4v) is 2.88. The van der Waals surface area contributed by atoms with Crippen molar-refractivity contribution in [3.05, 3.63) is 29.8 Å². The number of methoxy groups -OCH3 is 1. The monoisotopic (exact) mass is 472 g/mol. The van der Waals surface area contributed by atoms with Gasteiger partial charge < -0.3 is 49.2 Å². The van der Waals surface area contributed by atoms with Gasteiger partial charge in [0.2, 0.25) is 0 Å². The Morgan fingerprint density at radius 1 is 1.12 bits per heavy atom. The predicted molar refractivity (Wildman–Crippen MR) is 110 cm³/mol. The lowest BCUT2D eigenvalue weighted by molar-refractivity contribution is -0.304. The highest BCUT2D eigenvalue weighted by atomic mass is 16.7. The molecule has 1 aliphatic heterocycles. The fourth-order valence-electron chi connectivity index (χ4n) is 2.88. The molecule has 5 N–H and O–H groups in total. The molecular weight excluding hydrogens is 444 g/mol. The van der Waals surface area contributed by atoms with E-state index in [9.17, 15) is 30.0 Å². The molecule has 2 unspecified atom stereocenters. The summed E-state index contributed by atoms with van der Waals surface area (Å²) in [5, 5.41) is 48.4. The first-order chi connectivity index (χ1) is 15.7. The number of hydrogen-bond donors (Lipinski definition) is 5. The summed E-state index contributed by atoms with van der Waals surface area (Å²) < 4.78 is 25.4. The van der Waals surface area contributed by atoms with E-state index in [1.165, 1.54) is 26.2 Å². The second-order valence-corrected chi connectivity index (χ2v) is 7.15. The Bertz CT molecular complexity index is 823. The van der Waals surface area contributed by atoms with Crippen LogP contribution in [0.15, 0.2) is 24.3 Å². The molecular formula is C21H28O12. The number of aliphatic hydroxyl groups is 5. The lowest BCUT2D eigenvalue weighted by Crippen LogP contribution is -2.59. The molecule has 6 atom stereocenters. The van der Waals surface area contributed by atoms with E-state index in [0.29, 0.717) is 11.3 Å². The molecule has 1 aromatic rings. The minimum atomic E-state index is -1.61. The van der Waals surface area contributed by atoms with Crippen molar-refractivity contribution in [3.63, 3.8) is 0 Å². The van der Waals surface area contributed by atoms with Gasteiger partial charge in [-0.15, -0.1) is 0 Å². The molecule has 1 heterocycles. The van der Waals surface area contributed by atoms with Gasteiger partial charge in [0.15, 0.2) is 17.8 Å². The molecule has 2 rings (SSSR count). The summed E-state index contributed by atoms with van der Waals surface area (Å²) in [7, 11) is 1.40. The predicted octanol–water partition coefficient (Wildman–Crippen LogP) is -1.65.